The first-order chi connectivity index (χ1) is 12.8. The largest absolute Gasteiger partial charge is 0.477 e. The molecule has 0 spiro atoms. The van der Waals surface area contributed by atoms with Gasteiger partial charge in [-0.25, -0.2) is 9.78 Å². The summed E-state index contributed by atoms with van der Waals surface area (Å²) in [5.41, 5.74) is 0.992. The van der Waals surface area contributed by atoms with Crippen molar-refractivity contribution in [2.75, 3.05) is 0 Å². The zero-order valence-corrected chi connectivity index (χ0v) is 15.1. The second-order valence-corrected chi connectivity index (χ2v) is 6.61. The zero-order valence-electron chi connectivity index (χ0n) is 14.3. The van der Waals surface area contributed by atoms with Gasteiger partial charge in [-0.2, -0.15) is 0 Å². The molecule has 9 nitrogen and oxygen atoms in total. The van der Waals surface area contributed by atoms with Crippen molar-refractivity contribution < 1.29 is 19.2 Å². The molecule has 0 amide bonds. The Morgan fingerprint density at radius 1 is 1.33 bits per heavy atom. The summed E-state index contributed by atoms with van der Waals surface area (Å²) in [7, 11) is 0. The Kier molecular flexibility index (Phi) is 5.08. The van der Waals surface area contributed by atoms with Crippen LogP contribution in [0.1, 0.15) is 17.1 Å². The van der Waals surface area contributed by atoms with Crippen molar-refractivity contribution in [3.63, 3.8) is 0 Å². The quantitative estimate of drug-likeness (QED) is 0.282. The topological polar surface area (TPSA) is 135 Å². The van der Waals surface area contributed by atoms with E-state index in [1.165, 1.54) is 12.1 Å². The van der Waals surface area contributed by atoms with Crippen molar-refractivity contribution in [2.45, 2.75) is 19.0 Å². The monoisotopic (exact) mass is 386 g/mol. The van der Waals surface area contributed by atoms with Gasteiger partial charge in [0.15, 0.2) is 0 Å². The fourth-order valence-corrected chi connectivity index (χ4v) is 3.04. The van der Waals surface area contributed by atoms with E-state index in [2.05, 4.69) is 15.2 Å². The van der Waals surface area contributed by atoms with Crippen molar-refractivity contribution in [3.8, 4) is 11.3 Å². The Morgan fingerprint density at radius 3 is 2.74 bits per heavy atom. The smallest absolute Gasteiger partial charge is 0.342 e. The second-order valence-electron chi connectivity index (χ2n) is 5.60. The van der Waals surface area contributed by atoms with Gasteiger partial charge in [0, 0.05) is 12.1 Å². The standard InChI is InChI=1S/C17H14N4O5S/c1-9-3-5-12(13(7-9)21(24)25)14-6-4-11(26-14)8-15(16(22)23)27-17-18-10(2)19-20-17/h3-8H,1-2H3,(H,22,23)(H,18,19,20)/b15-8-. The van der Waals surface area contributed by atoms with E-state index in [4.69, 9.17) is 4.42 Å². The number of H-pyrrole nitrogens is 1. The normalized spacial score (nSPS) is 11.6. The summed E-state index contributed by atoms with van der Waals surface area (Å²) in [4.78, 5) is 26.3. The molecule has 0 radical (unpaired) electrons. The lowest BCUT2D eigenvalue weighted by Crippen LogP contribution is -1.97. The van der Waals surface area contributed by atoms with Gasteiger partial charge in [0.25, 0.3) is 5.69 Å². The van der Waals surface area contributed by atoms with Crippen LogP contribution in [-0.4, -0.2) is 31.2 Å². The minimum Gasteiger partial charge on any atom is -0.477 e. The highest BCUT2D eigenvalue weighted by molar-refractivity contribution is 8.04. The number of carboxylic acids is 1. The van der Waals surface area contributed by atoms with E-state index in [0.717, 1.165) is 17.3 Å². The van der Waals surface area contributed by atoms with Crippen molar-refractivity contribution in [1.82, 2.24) is 15.2 Å². The Hall–Kier alpha value is -3.40. The molecular weight excluding hydrogens is 372 g/mol. The van der Waals surface area contributed by atoms with E-state index in [0.29, 0.717) is 11.4 Å². The van der Waals surface area contributed by atoms with Crippen molar-refractivity contribution >= 4 is 29.5 Å². The van der Waals surface area contributed by atoms with Crippen LogP contribution in [0.15, 0.2) is 44.8 Å². The van der Waals surface area contributed by atoms with E-state index in [9.17, 15) is 20.0 Å². The third-order valence-corrected chi connectivity index (χ3v) is 4.38. The number of aliphatic carboxylic acids is 1. The summed E-state index contributed by atoms with van der Waals surface area (Å²) in [6, 6.07) is 7.90. The van der Waals surface area contributed by atoms with Gasteiger partial charge in [0.05, 0.1) is 10.5 Å². The Labute approximate surface area is 157 Å². The van der Waals surface area contributed by atoms with Crippen LogP contribution in [0.4, 0.5) is 5.69 Å². The molecule has 2 heterocycles. The van der Waals surface area contributed by atoms with Gasteiger partial charge in [-0.15, -0.1) is 5.10 Å². The van der Waals surface area contributed by atoms with Crippen molar-refractivity contribution in [3.05, 3.63) is 62.5 Å². The van der Waals surface area contributed by atoms with Crippen LogP contribution in [0.3, 0.4) is 0 Å². The summed E-state index contributed by atoms with van der Waals surface area (Å²) < 4.78 is 5.62. The average Bonchev–Trinajstić information content (AvgIpc) is 3.23. The number of carbonyl (C=O) groups is 1. The van der Waals surface area contributed by atoms with E-state index < -0.39 is 10.9 Å². The molecule has 2 aromatic heterocycles. The maximum Gasteiger partial charge on any atom is 0.342 e. The van der Waals surface area contributed by atoms with Crippen molar-refractivity contribution in [1.29, 1.82) is 0 Å². The Morgan fingerprint density at radius 2 is 2.11 bits per heavy atom. The van der Waals surface area contributed by atoms with Gasteiger partial charge in [0.1, 0.15) is 22.3 Å². The molecule has 138 valence electrons. The second kappa shape index (κ2) is 7.46. The number of carboxylic acid groups (broad SMARTS) is 1. The van der Waals surface area contributed by atoms with Crippen LogP contribution in [0, 0.1) is 24.0 Å². The van der Waals surface area contributed by atoms with Gasteiger partial charge in [-0.3, -0.25) is 15.2 Å². The van der Waals surface area contributed by atoms with Crippen LogP contribution in [0.5, 0.6) is 0 Å². The summed E-state index contributed by atoms with van der Waals surface area (Å²) >= 11 is 0.867. The number of thioether (sulfide) groups is 1. The number of furan rings is 1. The molecule has 0 bridgehead atoms. The molecule has 0 aliphatic heterocycles. The molecule has 2 N–H and O–H groups in total. The predicted octanol–water partition coefficient (Wildman–Crippen LogP) is 3.81. The van der Waals surface area contributed by atoms with E-state index in [-0.39, 0.29) is 27.3 Å². The lowest BCUT2D eigenvalue weighted by atomic mass is 10.1. The van der Waals surface area contributed by atoms with E-state index in [1.54, 1.807) is 38.1 Å². The SMILES string of the molecule is Cc1ccc(-c2ccc(/C=C(\Sc3n[nH]c(C)n3)C(=O)O)o2)c([N+](=O)[O-])c1. The van der Waals surface area contributed by atoms with Gasteiger partial charge >= 0.3 is 5.97 Å². The predicted molar refractivity (Wildman–Crippen MR) is 98.1 cm³/mol. The van der Waals surface area contributed by atoms with Gasteiger partial charge in [0.2, 0.25) is 5.16 Å². The minimum atomic E-state index is -1.17. The molecule has 0 unspecified atom stereocenters. The van der Waals surface area contributed by atoms with Crippen LogP contribution < -0.4 is 0 Å². The molecule has 0 aliphatic rings. The van der Waals surface area contributed by atoms with Gasteiger partial charge < -0.3 is 9.52 Å². The summed E-state index contributed by atoms with van der Waals surface area (Å²) in [6.45, 7) is 3.46. The number of nitrogens with one attached hydrogen (secondary N) is 1. The van der Waals surface area contributed by atoms with Gasteiger partial charge in [-0.1, -0.05) is 6.07 Å². The number of nitrogens with zero attached hydrogens (tertiary/aromatic N) is 3. The molecule has 0 fully saturated rings. The number of benzene rings is 1. The molecule has 0 saturated heterocycles. The molecule has 0 atom stereocenters. The minimum absolute atomic E-state index is 0.0479. The third kappa shape index (κ3) is 4.23. The van der Waals surface area contributed by atoms with Crippen LogP contribution in [0.25, 0.3) is 17.4 Å². The average molecular weight is 386 g/mol. The first-order valence-corrected chi connectivity index (χ1v) is 8.52. The molecule has 1 aromatic carbocycles. The highest BCUT2D eigenvalue weighted by Crippen LogP contribution is 2.33. The highest BCUT2D eigenvalue weighted by atomic mass is 32.2. The lowest BCUT2D eigenvalue weighted by Gasteiger charge is -2.01. The van der Waals surface area contributed by atoms with Crippen molar-refractivity contribution in [2.24, 2.45) is 0 Å². The highest BCUT2D eigenvalue weighted by Gasteiger charge is 2.19. The van der Waals surface area contributed by atoms with Gasteiger partial charge in [-0.05, 0) is 49.4 Å². The van der Waals surface area contributed by atoms with Crippen LogP contribution in [-0.2, 0) is 4.79 Å². The summed E-state index contributed by atoms with van der Waals surface area (Å²) in [6.07, 6.45) is 1.32. The number of hydrogen-bond donors (Lipinski definition) is 2. The molecule has 10 heteroatoms. The number of hydrogen-bond acceptors (Lipinski definition) is 7. The molecule has 3 aromatic rings. The number of aromatic nitrogens is 3. The maximum absolute atomic E-state index is 11.5. The van der Waals surface area contributed by atoms with E-state index >= 15 is 0 Å². The summed E-state index contributed by atoms with van der Waals surface area (Å²) in [5.74, 6) is -0.0793. The molecular formula is C17H14N4O5S. The number of aryl methyl sites for hydroxylation is 2. The molecule has 3 rings (SSSR count). The summed E-state index contributed by atoms with van der Waals surface area (Å²) in [5, 5.41) is 27.5. The third-order valence-electron chi connectivity index (χ3n) is 3.50. The van der Waals surface area contributed by atoms with Crippen LogP contribution >= 0.6 is 11.8 Å². The molecule has 0 saturated carbocycles. The first-order valence-electron chi connectivity index (χ1n) is 7.70. The number of rotatable bonds is 6. The molecule has 0 aliphatic carbocycles. The number of aromatic amines is 1. The fourth-order valence-electron chi connectivity index (χ4n) is 2.31. The molecule has 27 heavy (non-hydrogen) atoms. The van der Waals surface area contributed by atoms with Crippen LogP contribution in [0.2, 0.25) is 0 Å². The maximum atomic E-state index is 11.5. The lowest BCUT2D eigenvalue weighted by molar-refractivity contribution is -0.384. The van der Waals surface area contributed by atoms with E-state index in [1.807, 2.05) is 0 Å². The fraction of sp³-hybridized carbons (Fsp3) is 0.118. The number of nitro benzene ring substituents is 1. The zero-order chi connectivity index (χ0) is 19.6. The Balaban J connectivity index is 1.93. The first kappa shape index (κ1) is 18.4. The Bertz CT molecular complexity index is 1050. The number of nitro groups is 1.